The Balaban J connectivity index is 2.07. The van der Waals surface area contributed by atoms with Crippen LogP contribution in [0.25, 0.3) is 11.0 Å². The van der Waals surface area contributed by atoms with Crippen LogP contribution in [-0.2, 0) is 5.60 Å². The molecule has 0 aliphatic carbocycles. The van der Waals surface area contributed by atoms with E-state index in [0.29, 0.717) is 22.6 Å². The average molecular weight is 378 g/mol. The first kappa shape index (κ1) is 17.8. The fourth-order valence-corrected chi connectivity index (χ4v) is 3.57. The number of para-hydroxylation sites is 1. The summed E-state index contributed by atoms with van der Waals surface area (Å²) in [6, 6.07) is 10.2. The van der Waals surface area contributed by atoms with Crippen LogP contribution < -0.4 is 5.32 Å². The smallest absolute Gasteiger partial charge is 0.258 e. The van der Waals surface area contributed by atoms with Gasteiger partial charge in [-0.3, -0.25) is 4.79 Å². The number of anilines is 1. The zero-order valence-electron chi connectivity index (χ0n) is 14.0. The van der Waals surface area contributed by atoms with Crippen molar-refractivity contribution < 1.29 is 14.3 Å². The van der Waals surface area contributed by atoms with Crippen molar-refractivity contribution in [2.45, 2.75) is 26.4 Å². The van der Waals surface area contributed by atoms with Crippen LogP contribution >= 0.6 is 23.2 Å². The van der Waals surface area contributed by atoms with Gasteiger partial charge in [0.1, 0.15) is 5.76 Å². The summed E-state index contributed by atoms with van der Waals surface area (Å²) >= 11 is 12.2. The summed E-state index contributed by atoms with van der Waals surface area (Å²) in [5.41, 5.74) is 0.804. The van der Waals surface area contributed by atoms with Crippen molar-refractivity contribution in [2.75, 3.05) is 5.32 Å². The molecule has 0 spiro atoms. The van der Waals surface area contributed by atoms with Gasteiger partial charge in [0.15, 0.2) is 5.58 Å². The number of hydrogen-bond donors (Lipinski definition) is 2. The molecule has 0 radical (unpaired) electrons. The topological polar surface area (TPSA) is 62.5 Å². The van der Waals surface area contributed by atoms with E-state index in [2.05, 4.69) is 5.32 Å². The second kappa shape index (κ2) is 6.37. The van der Waals surface area contributed by atoms with Gasteiger partial charge in [-0.2, -0.15) is 0 Å². The third kappa shape index (κ3) is 3.25. The molecule has 130 valence electrons. The van der Waals surface area contributed by atoms with Crippen molar-refractivity contribution >= 4 is 45.8 Å². The molecule has 0 aliphatic rings. The number of hydrogen-bond acceptors (Lipinski definition) is 3. The van der Waals surface area contributed by atoms with E-state index in [4.69, 9.17) is 27.6 Å². The van der Waals surface area contributed by atoms with Gasteiger partial charge in [0.25, 0.3) is 5.91 Å². The Morgan fingerprint density at radius 3 is 2.32 bits per heavy atom. The lowest BCUT2D eigenvalue weighted by molar-refractivity contribution is 0.0783. The van der Waals surface area contributed by atoms with E-state index in [1.54, 1.807) is 51.1 Å². The number of rotatable bonds is 3. The third-order valence-electron chi connectivity index (χ3n) is 3.94. The summed E-state index contributed by atoms with van der Waals surface area (Å²) in [5.74, 6) is 0.168. The second-order valence-electron chi connectivity index (χ2n) is 6.33. The zero-order valence-corrected chi connectivity index (χ0v) is 15.5. The van der Waals surface area contributed by atoms with E-state index < -0.39 is 11.5 Å². The number of carbonyl (C=O) groups is 1. The number of furan rings is 1. The van der Waals surface area contributed by atoms with Crippen LogP contribution in [0.4, 0.5) is 5.69 Å². The highest BCUT2D eigenvalue weighted by Gasteiger charge is 2.26. The highest BCUT2D eigenvalue weighted by Crippen LogP contribution is 2.37. The van der Waals surface area contributed by atoms with E-state index in [1.807, 2.05) is 6.07 Å². The quantitative estimate of drug-likeness (QED) is 0.630. The van der Waals surface area contributed by atoms with E-state index in [0.717, 1.165) is 5.39 Å². The van der Waals surface area contributed by atoms with Gasteiger partial charge >= 0.3 is 0 Å². The van der Waals surface area contributed by atoms with Crippen molar-refractivity contribution in [1.82, 2.24) is 0 Å². The molecule has 0 atom stereocenters. The third-order valence-corrected chi connectivity index (χ3v) is 4.57. The summed E-state index contributed by atoms with van der Waals surface area (Å²) in [7, 11) is 0. The van der Waals surface area contributed by atoms with Gasteiger partial charge < -0.3 is 14.8 Å². The fraction of sp³-hybridized carbons (Fsp3) is 0.211. The molecule has 1 aromatic heterocycles. The molecule has 2 N–H and O–H groups in total. The van der Waals surface area contributed by atoms with Crippen molar-refractivity contribution in [3.05, 3.63) is 63.3 Å². The van der Waals surface area contributed by atoms with Crippen LogP contribution in [0.5, 0.6) is 0 Å². The van der Waals surface area contributed by atoms with E-state index in [9.17, 15) is 9.90 Å². The van der Waals surface area contributed by atoms with Crippen molar-refractivity contribution in [3.8, 4) is 0 Å². The summed E-state index contributed by atoms with van der Waals surface area (Å²) in [6.07, 6.45) is 0. The molecular formula is C19H17Cl2NO3. The largest absolute Gasteiger partial charge is 0.459 e. The van der Waals surface area contributed by atoms with Gasteiger partial charge in [-0.15, -0.1) is 0 Å². The fourth-order valence-electron chi connectivity index (χ4n) is 3.00. The van der Waals surface area contributed by atoms with Gasteiger partial charge in [-0.25, -0.2) is 0 Å². The Kier molecular flexibility index (Phi) is 4.54. The predicted octanol–water partition coefficient (Wildman–Crippen LogP) is 5.53. The molecule has 0 bridgehead atoms. The standard InChI is InChI=1S/C19H17Cl2NO3/c1-10-16(19(2,3)24)11-6-4-9-14(17(11)25-10)22-18(23)15-12(20)7-5-8-13(15)21/h4-9,24H,1-3H3,(H,22,23). The minimum atomic E-state index is -1.07. The van der Waals surface area contributed by atoms with Crippen LogP contribution in [0.1, 0.15) is 35.5 Å². The van der Waals surface area contributed by atoms with Gasteiger partial charge in [0.2, 0.25) is 0 Å². The van der Waals surface area contributed by atoms with Gasteiger partial charge in [0.05, 0.1) is 26.9 Å². The maximum atomic E-state index is 12.6. The van der Waals surface area contributed by atoms with Gasteiger partial charge in [0, 0.05) is 10.9 Å². The van der Waals surface area contributed by atoms with E-state index >= 15 is 0 Å². The number of nitrogens with one attached hydrogen (secondary N) is 1. The molecule has 25 heavy (non-hydrogen) atoms. The molecule has 1 heterocycles. The number of aryl methyl sites for hydroxylation is 1. The molecule has 6 heteroatoms. The summed E-state index contributed by atoms with van der Waals surface area (Å²) in [6.45, 7) is 5.17. The lowest BCUT2D eigenvalue weighted by Gasteiger charge is -2.17. The molecule has 3 rings (SSSR count). The average Bonchev–Trinajstić information content (AvgIpc) is 2.84. The van der Waals surface area contributed by atoms with Crippen LogP contribution in [0.3, 0.4) is 0 Å². The van der Waals surface area contributed by atoms with Crippen molar-refractivity contribution in [1.29, 1.82) is 0 Å². The number of fused-ring (bicyclic) bond motifs is 1. The van der Waals surface area contributed by atoms with Crippen LogP contribution in [0, 0.1) is 6.92 Å². The number of amides is 1. The van der Waals surface area contributed by atoms with Crippen LogP contribution in [-0.4, -0.2) is 11.0 Å². The van der Waals surface area contributed by atoms with Crippen molar-refractivity contribution in [3.63, 3.8) is 0 Å². The number of benzene rings is 2. The number of aliphatic hydroxyl groups is 1. The van der Waals surface area contributed by atoms with Crippen molar-refractivity contribution in [2.24, 2.45) is 0 Å². The van der Waals surface area contributed by atoms with Crippen LogP contribution in [0.15, 0.2) is 40.8 Å². The molecule has 0 unspecified atom stereocenters. The molecule has 0 saturated heterocycles. The maximum Gasteiger partial charge on any atom is 0.258 e. The second-order valence-corrected chi connectivity index (χ2v) is 7.14. The summed E-state index contributed by atoms with van der Waals surface area (Å²) in [4.78, 5) is 12.6. The predicted molar refractivity (Wildman–Crippen MR) is 101 cm³/mol. The van der Waals surface area contributed by atoms with E-state index in [1.165, 1.54) is 0 Å². The first-order chi connectivity index (χ1) is 11.7. The molecular weight excluding hydrogens is 361 g/mol. The monoisotopic (exact) mass is 377 g/mol. The minimum Gasteiger partial charge on any atom is -0.459 e. The Morgan fingerprint density at radius 2 is 1.72 bits per heavy atom. The molecule has 1 amide bonds. The zero-order chi connectivity index (χ0) is 18.4. The molecule has 0 fully saturated rings. The Labute approximate surface area is 155 Å². The lowest BCUT2D eigenvalue weighted by atomic mass is 9.95. The highest BCUT2D eigenvalue weighted by molar-refractivity contribution is 6.40. The normalized spacial score (nSPS) is 11.8. The SMILES string of the molecule is Cc1oc2c(NC(=O)c3c(Cl)cccc3Cl)cccc2c1C(C)(C)O. The number of halogens is 2. The van der Waals surface area contributed by atoms with E-state index in [-0.39, 0.29) is 15.6 Å². The van der Waals surface area contributed by atoms with Gasteiger partial charge in [-0.05, 0) is 39.0 Å². The first-order valence-corrected chi connectivity index (χ1v) is 8.46. The summed E-state index contributed by atoms with van der Waals surface area (Å²) in [5, 5.41) is 14.5. The van der Waals surface area contributed by atoms with Crippen LogP contribution in [0.2, 0.25) is 10.0 Å². The Bertz CT molecular complexity index is 950. The summed E-state index contributed by atoms with van der Waals surface area (Å²) < 4.78 is 5.81. The highest BCUT2D eigenvalue weighted by atomic mass is 35.5. The number of carbonyl (C=O) groups excluding carboxylic acids is 1. The molecule has 2 aromatic carbocycles. The Morgan fingerprint density at radius 1 is 1.12 bits per heavy atom. The molecule has 3 aromatic rings. The first-order valence-electron chi connectivity index (χ1n) is 7.70. The maximum absolute atomic E-state index is 12.6. The molecule has 4 nitrogen and oxygen atoms in total. The Hall–Kier alpha value is -2.01. The molecule has 0 aliphatic heterocycles. The minimum absolute atomic E-state index is 0.203. The molecule has 0 saturated carbocycles. The van der Waals surface area contributed by atoms with Gasteiger partial charge in [-0.1, -0.05) is 41.4 Å². The lowest BCUT2D eigenvalue weighted by Crippen LogP contribution is -2.16.